The molecule has 0 saturated carbocycles. The second-order valence-corrected chi connectivity index (χ2v) is 5.86. The Kier molecular flexibility index (Phi) is 4.52. The molecule has 0 bridgehead atoms. The molecule has 2 aromatic rings. The summed E-state index contributed by atoms with van der Waals surface area (Å²) in [5, 5.41) is 19.1. The summed E-state index contributed by atoms with van der Waals surface area (Å²) in [7, 11) is 0. The fourth-order valence-electron chi connectivity index (χ4n) is 3.02. The Bertz CT molecular complexity index is 738. The maximum Gasteiger partial charge on any atom is 0.274 e. The van der Waals surface area contributed by atoms with Crippen LogP contribution in [0.25, 0.3) is 0 Å². The first-order valence-corrected chi connectivity index (χ1v) is 7.70. The smallest absolute Gasteiger partial charge is 0.274 e. The van der Waals surface area contributed by atoms with Crippen molar-refractivity contribution >= 4 is 11.6 Å². The van der Waals surface area contributed by atoms with Gasteiger partial charge in [-0.25, -0.2) is 4.68 Å². The van der Waals surface area contributed by atoms with Gasteiger partial charge in [0.05, 0.1) is 17.2 Å². The summed E-state index contributed by atoms with van der Waals surface area (Å²) in [6.07, 6.45) is 5.34. The molecule has 1 aliphatic rings. The Hall–Kier alpha value is -2.81. The first-order valence-electron chi connectivity index (χ1n) is 7.70. The first-order chi connectivity index (χ1) is 11.5. The van der Waals surface area contributed by atoms with Crippen LogP contribution in [0.1, 0.15) is 34.8 Å². The minimum absolute atomic E-state index is 0.0651. The number of benzene rings is 1. The van der Waals surface area contributed by atoms with Gasteiger partial charge < -0.3 is 5.73 Å². The van der Waals surface area contributed by atoms with Crippen molar-refractivity contribution in [2.75, 3.05) is 13.1 Å². The number of likely N-dealkylation sites (tertiary alicyclic amines) is 1. The number of primary amides is 1. The average molecular weight is 330 g/mol. The molecule has 0 radical (unpaired) electrons. The summed E-state index contributed by atoms with van der Waals surface area (Å²) < 4.78 is 1.86. The van der Waals surface area contributed by atoms with E-state index in [0.717, 1.165) is 25.9 Å². The Balaban J connectivity index is 1.68. The van der Waals surface area contributed by atoms with Gasteiger partial charge in [-0.1, -0.05) is 11.3 Å². The molecule has 2 N–H and O–H groups in total. The number of nitrogens with zero attached hydrogens (tertiary/aromatic N) is 5. The fraction of sp³-hybridized carbons (Fsp3) is 0.400. The van der Waals surface area contributed by atoms with Crippen LogP contribution in [0.3, 0.4) is 0 Å². The van der Waals surface area contributed by atoms with Crippen molar-refractivity contribution in [2.24, 2.45) is 5.73 Å². The second-order valence-electron chi connectivity index (χ2n) is 5.86. The molecule has 1 aliphatic heterocycles. The molecule has 1 amide bonds. The predicted molar refractivity (Wildman–Crippen MR) is 85.2 cm³/mol. The molecule has 24 heavy (non-hydrogen) atoms. The first kappa shape index (κ1) is 16.1. The van der Waals surface area contributed by atoms with Crippen LogP contribution < -0.4 is 5.73 Å². The SMILES string of the molecule is NC(=O)c1ccc(CN2CCC(n3ccnn3)CC2)c([N+](=O)[O-])c1. The van der Waals surface area contributed by atoms with E-state index < -0.39 is 10.8 Å². The number of amides is 1. The highest BCUT2D eigenvalue weighted by molar-refractivity contribution is 5.93. The third-order valence-electron chi connectivity index (χ3n) is 4.33. The van der Waals surface area contributed by atoms with Crippen LogP contribution in [-0.4, -0.2) is 43.8 Å². The molecular weight excluding hydrogens is 312 g/mol. The van der Waals surface area contributed by atoms with E-state index in [0.29, 0.717) is 18.2 Å². The minimum Gasteiger partial charge on any atom is -0.366 e. The van der Waals surface area contributed by atoms with Gasteiger partial charge in [0.25, 0.3) is 5.69 Å². The highest BCUT2D eigenvalue weighted by atomic mass is 16.6. The van der Waals surface area contributed by atoms with Crippen molar-refractivity contribution in [3.8, 4) is 0 Å². The zero-order valence-electron chi connectivity index (χ0n) is 13.0. The number of aromatic nitrogens is 3. The number of carbonyl (C=O) groups excluding carboxylic acids is 1. The van der Waals surface area contributed by atoms with Gasteiger partial charge in [-0.05, 0) is 18.9 Å². The van der Waals surface area contributed by atoms with Crippen LogP contribution in [0.15, 0.2) is 30.6 Å². The zero-order valence-corrected chi connectivity index (χ0v) is 13.0. The van der Waals surface area contributed by atoms with Gasteiger partial charge >= 0.3 is 0 Å². The summed E-state index contributed by atoms with van der Waals surface area (Å²) in [4.78, 5) is 24.2. The van der Waals surface area contributed by atoms with Crippen LogP contribution in [0.5, 0.6) is 0 Å². The predicted octanol–water partition coefficient (Wildman–Crippen LogP) is 1.12. The number of nitro benzene ring substituents is 1. The Morgan fingerprint density at radius 1 is 1.38 bits per heavy atom. The van der Waals surface area contributed by atoms with Crippen molar-refractivity contribution in [2.45, 2.75) is 25.4 Å². The molecule has 126 valence electrons. The zero-order chi connectivity index (χ0) is 17.1. The third kappa shape index (κ3) is 3.40. The van der Waals surface area contributed by atoms with Crippen LogP contribution in [0, 0.1) is 10.1 Å². The average Bonchev–Trinajstić information content (AvgIpc) is 3.10. The van der Waals surface area contributed by atoms with Gasteiger partial charge in [-0.2, -0.15) is 0 Å². The Morgan fingerprint density at radius 3 is 2.71 bits per heavy atom. The summed E-state index contributed by atoms with van der Waals surface area (Å²) in [5.41, 5.74) is 5.86. The lowest BCUT2D eigenvalue weighted by atomic mass is 10.0. The largest absolute Gasteiger partial charge is 0.366 e. The molecule has 3 rings (SSSR count). The van der Waals surface area contributed by atoms with Gasteiger partial charge in [-0.3, -0.25) is 19.8 Å². The lowest BCUT2D eigenvalue weighted by Gasteiger charge is -2.31. The van der Waals surface area contributed by atoms with E-state index in [1.54, 1.807) is 12.3 Å². The van der Waals surface area contributed by atoms with E-state index in [1.807, 2.05) is 10.9 Å². The highest BCUT2D eigenvalue weighted by Crippen LogP contribution is 2.26. The van der Waals surface area contributed by atoms with Gasteiger partial charge in [0.15, 0.2) is 0 Å². The van der Waals surface area contributed by atoms with Crippen molar-refractivity contribution in [3.05, 3.63) is 51.8 Å². The number of piperidine rings is 1. The van der Waals surface area contributed by atoms with Gasteiger partial charge in [0.2, 0.25) is 5.91 Å². The minimum atomic E-state index is -0.668. The van der Waals surface area contributed by atoms with E-state index >= 15 is 0 Å². The lowest BCUT2D eigenvalue weighted by Crippen LogP contribution is -2.34. The maximum atomic E-state index is 11.3. The van der Waals surface area contributed by atoms with Crippen LogP contribution >= 0.6 is 0 Å². The second kappa shape index (κ2) is 6.75. The van der Waals surface area contributed by atoms with Crippen molar-refractivity contribution in [1.29, 1.82) is 0 Å². The normalized spacial score (nSPS) is 16.2. The van der Waals surface area contributed by atoms with Crippen LogP contribution in [0.4, 0.5) is 5.69 Å². The van der Waals surface area contributed by atoms with Gasteiger partial charge in [-0.15, -0.1) is 5.10 Å². The molecule has 0 aliphatic carbocycles. The summed E-state index contributed by atoms with van der Waals surface area (Å²) in [5.74, 6) is -0.668. The molecule has 0 spiro atoms. The monoisotopic (exact) mass is 330 g/mol. The summed E-state index contributed by atoms with van der Waals surface area (Å²) in [6.45, 7) is 2.11. The molecule has 1 fully saturated rings. The number of hydrogen-bond acceptors (Lipinski definition) is 6. The van der Waals surface area contributed by atoms with Crippen molar-refractivity contribution in [1.82, 2.24) is 19.9 Å². The molecule has 1 aromatic carbocycles. The lowest BCUT2D eigenvalue weighted by molar-refractivity contribution is -0.385. The summed E-state index contributed by atoms with van der Waals surface area (Å²) >= 11 is 0. The standard InChI is InChI=1S/C15H18N6O3/c16-15(22)11-1-2-12(14(9-11)21(23)24)10-19-6-3-13(4-7-19)20-8-5-17-18-20/h1-2,5,8-9,13H,3-4,6-7,10H2,(H2,16,22). The van der Waals surface area contributed by atoms with E-state index in [9.17, 15) is 14.9 Å². The van der Waals surface area contributed by atoms with Crippen molar-refractivity contribution < 1.29 is 9.72 Å². The molecule has 0 unspecified atom stereocenters. The highest BCUT2D eigenvalue weighted by Gasteiger charge is 2.24. The fourth-order valence-corrected chi connectivity index (χ4v) is 3.02. The van der Waals surface area contributed by atoms with Gasteiger partial charge in [0, 0.05) is 43.0 Å². The van der Waals surface area contributed by atoms with Crippen LogP contribution in [-0.2, 0) is 6.54 Å². The van der Waals surface area contributed by atoms with Crippen LogP contribution in [0.2, 0.25) is 0 Å². The number of hydrogen-bond donors (Lipinski definition) is 1. The number of nitrogens with two attached hydrogens (primary N) is 1. The molecule has 9 nitrogen and oxygen atoms in total. The number of rotatable bonds is 5. The molecule has 1 saturated heterocycles. The Morgan fingerprint density at radius 2 is 2.12 bits per heavy atom. The third-order valence-corrected chi connectivity index (χ3v) is 4.33. The topological polar surface area (TPSA) is 120 Å². The molecule has 2 heterocycles. The number of nitro groups is 1. The van der Waals surface area contributed by atoms with Gasteiger partial charge in [0.1, 0.15) is 0 Å². The van der Waals surface area contributed by atoms with Crippen molar-refractivity contribution in [3.63, 3.8) is 0 Å². The number of carbonyl (C=O) groups is 1. The van der Waals surface area contributed by atoms with E-state index in [2.05, 4.69) is 15.2 Å². The quantitative estimate of drug-likeness (QED) is 0.648. The van der Waals surface area contributed by atoms with E-state index in [-0.39, 0.29) is 11.3 Å². The molecule has 9 heteroatoms. The van der Waals surface area contributed by atoms with E-state index in [1.165, 1.54) is 12.1 Å². The Labute approximate surface area is 138 Å². The molecular formula is C15H18N6O3. The summed E-state index contributed by atoms with van der Waals surface area (Å²) in [6, 6.07) is 4.71. The molecule has 0 atom stereocenters. The molecule has 1 aromatic heterocycles. The van der Waals surface area contributed by atoms with E-state index in [4.69, 9.17) is 5.73 Å². The maximum absolute atomic E-state index is 11.3.